The Balaban J connectivity index is 1.41. The molecule has 0 N–H and O–H groups in total. The Bertz CT molecular complexity index is 1340. The smallest absolute Gasteiger partial charge is 0.256 e. The van der Waals surface area contributed by atoms with Crippen LogP contribution in [0.1, 0.15) is 23.0 Å². The third-order valence-electron chi connectivity index (χ3n) is 4.58. The Morgan fingerprint density at radius 3 is 2.67 bits per heavy atom. The van der Waals surface area contributed by atoms with Crippen LogP contribution >= 0.6 is 11.8 Å². The third kappa shape index (κ3) is 3.24. The van der Waals surface area contributed by atoms with Crippen molar-refractivity contribution >= 4 is 17.5 Å². The summed E-state index contributed by atoms with van der Waals surface area (Å²) in [5.41, 5.74) is 4.23. The fourth-order valence-electron chi connectivity index (χ4n) is 3.25. The van der Waals surface area contributed by atoms with Gasteiger partial charge < -0.3 is 8.94 Å². The molecule has 0 bridgehead atoms. The lowest BCUT2D eigenvalue weighted by molar-refractivity contribution is 0.399. The highest BCUT2D eigenvalue weighted by Gasteiger charge is 2.22. The predicted octanol–water partition coefficient (Wildman–Crippen LogP) is 4.05. The van der Waals surface area contributed by atoms with Gasteiger partial charge in [-0.3, -0.25) is 4.40 Å². The molecule has 30 heavy (non-hydrogen) atoms. The van der Waals surface area contributed by atoms with E-state index in [1.54, 1.807) is 0 Å². The molecule has 4 heterocycles. The summed E-state index contributed by atoms with van der Waals surface area (Å²) in [4.78, 5) is 4.41. The number of nitrogens with zero attached hydrogens (tertiary/aromatic N) is 7. The van der Waals surface area contributed by atoms with Crippen molar-refractivity contribution in [3.63, 3.8) is 0 Å². The third-order valence-corrected chi connectivity index (χ3v) is 5.49. The Labute approximate surface area is 175 Å². The van der Waals surface area contributed by atoms with Crippen molar-refractivity contribution in [3.8, 4) is 22.7 Å². The molecule has 10 heteroatoms. The van der Waals surface area contributed by atoms with Crippen LogP contribution in [0.4, 0.5) is 0 Å². The van der Waals surface area contributed by atoms with Gasteiger partial charge >= 0.3 is 0 Å². The number of benzene rings is 1. The summed E-state index contributed by atoms with van der Waals surface area (Å²) < 4.78 is 13.2. The molecule has 150 valence electrons. The van der Waals surface area contributed by atoms with Gasteiger partial charge in [0.25, 0.3) is 11.7 Å². The first kappa shape index (κ1) is 18.5. The van der Waals surface area contributed by atoms with Crippen molar-refractivity contribution in [1.82, 2.24) is 34.9 Å². The van der Waals surface area contributed by atoms with Crippen LogP contribution in [-0.2, 0) is 5.75 Å². The average Bonchev–Trinajstić information content (AvgIpc) is 3.45. The Morgan fingerprint density at radius 1 is 1.00 bits per heavy atom. The SMILES string of the molecule is Cc1cc(C)n2c(SCc3nnc(-c4c(-c5ccccc5)noc4C)o3)nnc2n1. The van der Waals surface area contributed by atoms with Crippen LogP contribution in [0.15, 0.2) is 50.5 Å². The number of rotatable bonds is 5. The second-order valence-corrected chi connectivity index (χ2v) is 7.72. The molecule has 0 aliphatic rings. The van der Waals surface area contributed by atoms with Gasteiger partial charge in [-0.1, -0.05) is 47.3 Å². The van der Waals surface area contributed by atoms with Gasteiger partial charge in [0, 0.05) is 17.0 Å². The van der Waals surface area contributed by atoms with Gasteiger partial charge in [-0.2, -0.15) is 0 Å². The van der Waals surface area contributed by atoms with Crippen LogP contribution in [0.25, 0.3) is 28.5 Å². The largest absolute Gasteiger partial charge is 0.420 e. The molecule has 0 unspecified atom stereocenters. The first-order chi connectivity index (χ1) is 14.6. The monoisotopic (exact) mass is 419 g/mol. The molecule has 0 spiro atoms. The van der Waals surface area contributed by atoms with E-state index in [-0.39, 0.29) is 0 Å². The quantitative estimate of drug-likeness (QED) is 0.390. The highest BCUT2D eigenvalue weighted by atomic mass is 32.2. The lowest BCUT2D eigenvalue weighted by Gasteiger charge is -2.02. The highest BCUT2D eigenvalue weighted by molar-refractivity contribution is 7.98. The van der Waals surface area contributed by atoms with E-state index in [9.17, 15) is 0 Å². The number of aryl methyl sites for hydroxylation is 3. The fraction of sp³-hybridized carbons (Fsp3) is 0.200. The van der Waals surface area contributed by atoms with E-state index >= 15 is 0 Å². The summed E-state index contributed by atoms with van der Waals surface area (Å²) in [5, 5.41) is 21.7. The number of aromatic nitrogens is 7. The maximum Gasteiger partial charge on any atom is 0.256 e. The molecule has 0 fully saturated rings. The minimum atomic E-state index is 0.378. The van der Waals surface area contributed by atoms with Gasteiger partial charge in [-0.05, 0) is 26.8 Å². The van der Waals surface area contributed by atoms with E-state index in [2.05, 4.69) is 30.5 Å². The molecular formula is C20H17N7O2S. The number of hydrogen-bond acceptors (Lipinski definition) is 9. The van der Waals surface area contributed by atoms with Crippen molar-refractivity contribution in [2.24, 2.45) is 0 Å². The second-order valence-electron chi connectivity index (χ2n) is 6.77. The molecule has 0 aliphatic heterocycles. The van der Waals surface area contributed by atoms with Crippen LogP contribution in [-0.4, -0.2) is 34.9 Å². The molecule has 5 aromatic rings. The van der Waals surface area contributed by atoms with E-state index in [1.165, 1.54) is 11.8 Å². The van der Waals surface area contributed by atoms with Gasteiger partial charge in [-0.15, -0.1) is 20.4 Å². The lowest BCUT2D eigenvalue weighted by Crippen LogP contribution is -1.97. The molecule has 0 amide bonds. The van der Waals surface area contributed by atoms with Crippen LogP contribution in [0.2, 0.25) is 0 Å². The number of fused-ring (bicyclic) bond motifs is 1. The summed E-state index contributed by atoms with van der Waals surface area (Å²) in [5.74, 6) is 2.50. The Hall–Kier alpha value is -3.53. The maximum absolute atomic E-state index is 5.91. The van der Waals surface area contributed by atoms with E-state index in [4.69, 9.17) is 8.94 Å². The summed E-state index contributed by atoms with van der Waals surface area (Å²) in [7, 11) is 0. The summed E-state index contributed by atoms with van der Waals surface area (Å²) in [6.45, 7) is 5.76. The van der Waals surface area contributed by atoms with Crippen molar-refractivity contribution in [3.05, 3.63) is 59.4 Å². The van der Waals surface area contributed by atoms with Gasteiger partial charge in [0.05, 0.1) is 5.75 Å². The Morgan fingerprint density at radius 2 is 1.83 bits per heavy atom. The lowest BCUT2D eigenvalue weighted by atomic mass is 10.1. The number of hydrogen-bond donors (Lipinski definition) is 0. The van der Waals surface area contributed by atoms with E-state index in [1.807, 2.05) is 61.6 Å². The van der Waals surface area contributed by atoms with E-state index in [0.717, 1.165) is 22.1 Å². The van der Waals surface area contributed by atoms with Crippen molar-refractivity contribution < 1.29 is 8.94 Å². The molecule has 9 nitrogen and oxygen atoms in total. The Kier molecular flexibility index (Phi) is 4.55. The molecule has 5 rings (SSSR count). The minimum Gasteiger partial charge on any atom is -0.420 e. The maximum atomic E-state index is 5.91. The molecule has 0 radical (unpaired) electrons. The first-order valence-corrected chi connectivity index (χ1v) is 10.3. The standard InChI is InChI=1S/C20H17N7O2S/c1-11-9-12(2)27-19(21-11)24-25-20(27)30-10-15-22-23-18(28-15)16-13(3)29-26-17(16)14-7-5-4-6-8-14/h4-9H,10H2,1-3H3. The molecule has 0 saturated heterocycles. The minimum absolute atomic E-state index is 0.378. The van der Waals surface area contributed by atoms with Crippen LogP contribution in [0, 0.1) is 20.8 Å². The fourth-order valence-corrected chi connectivity index (χ4v) is 4.07. The zero-order valence-electron chi connectivity index (χ0n) is 16.5. The molecule has 0 aliphatic carbocycles. The summed E-state index contributed by atoms with van der Waals surface area (Å²) >= 11 is 1.46. The zero-order valence-corrected chi connectivity index (χ0v) is 17.3. The van der Waals surface area contributed by atoms with Crippen molar-refractivity contribution in [2.45, 2.75) is 31.7 Å². The van der Waals surface area contributed by atoms with Gasteiger partial charge in [0.1, 0.15) is 17.0 Å². The van der Waals surface area contributed by atoms with Crippen molar-refractivity contribution in [1.29, 1.82) is 0 Å². The molecule has 0 atom stereocenters. The van der Waals surface area contributed by atoms with E-state index < -0.39 is 0 Å². The molecule has 0 saturated carbocycles. The van der Waals surface area contributed by atoms with E-state index in [0.29, 0.717) is 40.3 Å². The zero-order chi connectivity index (χ0) is 20.7. The molecule has 1 aromatic carbocycles. The van der Waals surface area contributed by atoms with Gasteiger partial charge in [-0.25, -0.2) is 4.98 Å². The summed E-state index contributed by atoms with van der Waals surface area (Å²) in [6, 6.07) is 11.8. The highest BCUT2D eigenvalue weighted by Crippen LogP contribution is 2.34. The summed E-state index contributed by atoms with van der Waals surface area (Å²) in [6.07, 6.45) is 0. The normalized spacial score (nSPS) is 11.4. The average molecular weight is 419 g/mol. The first-order valence-electron chi connectivity index (χ1n) is 9.27. The van der Waals surface area contributed by atoms with Crippen LogP contribution in [0.5, 0.6) is 0 Å². The molecular weight excluding hydrogens is 402 g/mol. The number of thioether (sulfide) groups is 1. The molecule has 4 aromatic heterocycles. The van der Waals surface area contributed by atoms with Gasteiger partial charge in [0.2, 0.25) is 5.89 Å². The van der Waals surface area contributed by atoms with Crippen molar-refractivity contribution in [2.75, 3.05) is 0 Å². The topological polar surface area (TPSA) is 108 Å². The predicted molar refractivity (Wildman–Crippen MR) is 110 cm³/mol. The van der Waals surface area contributed by atoms with Crippen LogP contribution in [0.3, 0.4) is 0 Å². The second kappa shape index (κ2) is 7.38. The van der Waals surface area contributed by atoms with Crippen LogP contribution < -0.4 is 0 Å². The van der Waals surface area contributed by atoms with Gasteiger partial charge in [0.15, 0.2) is 5.16 Å².